The predicted molar refractivity (Wildman–Crippen MR) is 94.2 cm³/mol. The molecule has 6 nitrogen and oxygen atoms in total. The number of rotatable bonds is 4. The Balaban J connectivity index is 1.82. The van der Waals surface area contributed by atoms with Crippen LogP contribution in [-0.4, -0.2) is 42.0 Å². The molecule has 0 bridgehead atoms. The molecule has 2 unspecified atom stereocenters. The summed E-state index contributed by atoms with van der Waals surface area (Å²) in [7, 11) is 0. The summed E-state index contributed by atoms with van der Waals surface area (Å²) in [5, 5.41) is 5.13. The van der Waals surface area contributed by atoms with Crippen molar-refractivity contribution in [1.29, 1.82) is 0 Å². The Morgan fingerprint density at radius 2 is 2.00 bits per heavy atom. The highest BCUT2D eigenvalue weighted by molar-refractivity contribution is 5.96. The fourth-order valence-electron chi connectivity index (χ4n) is 2.95. The molecule has 1 saturated heterocycles. The lowest BCUT2D eigenvalue weighted by Crippen LogP contribution is -2.58. The van der Waals surface area contributed by atoms with Crippen molar-refractivity contribution in [2.24, 2.45) is 11.1 Å². The van der Waals surface area contributed by atoms with E-state index in [-0.39, 0.29) is 23.4 Å². The SMILES string of the molecule is CC(C(=O)NC(=O)NCc1ccccc1)N1CCC(N)C(C)(C)C1. The molecule has 1 heterocycles. The minimum atomic E-state index is -0.469. The van der Waals surface area contributed by atoms with Crippen LogP contribution < -0.4 is 16.4 Å². The molecule has 6 heteroatoms. The monoisotopic (exact) mass is 332 g/mol. The van der Waals surface area contributed by atoms with Crippen molar-refractivity contribution in [3.63, 3.8) is 0 Å². The number of hydrogen-bond donors (Lipinski definition) is 3. The quantitative estimate of drug-likeness (QED) is 0.779. The topological polar surface area (TPSA) is 87.5 Å². The van der Waals surface area contributed by atoms with Gasteiger partial charge in [0.15, 0.2) is 0 Å². The van der Waals surface area contributed by atoms with Gasteiger partial charge in [0.05, 0.1) is 6.04 Å². The van der Waals surface area contributed by atoms with E-state index in [4.69, 9.17) is 5.73 Å². The number of urea groups is 1. The Morgan fingerprint density at radius 1 is 1.33 bits per heavy atom. The molecule has 2 atom stereocenters. The molecule has 0 aromatic heterocycles. The molecule has 0 spiro atoms. The smallest absolute Gasteiger partial charge is 0.321 e. The lowest BCUT2D eigenvalue weighted by Gasteiger charge is -2.44. The molecule has 1 aromatic rings. The van der Waals surface area contributed by atoms with Gasteiger partial charge in [0.25, 0.3) is 0 Å². The Bertz CT molecular complexity index is 574. The molecule has 4 N–H and O–H groups in total. The van der Waals surface area contributed by atoms with Crippen molar-refractivity contribution in [3.8, 4) is 0 Å². The summed E-state index contributed by atoms with van der Waals surface area (Å²) in [5.74, 6) is -0.285. The molecule has 1 aliphatic heterocycles. The number of benzene rings is 1. The second-order valence-corrected chi connectivity index (χ2v) is 7.19. The molecule has 1 aromatic carbocycles. The summed E-state index contributed by atoms with van der Waals surface area (Å²) in [6.07, 6.45) is 0.852. The average Bonchev–Trinajstić information content (AvgIpc) is 2.55. The summed E-state index contributed by atoms with van der Waals surface area (Å²) >= 11 is 0. The van der Waals surface area contributed by atoms with Gasteiger partial charge in [-0.05, 0) is 24.3 Å². The van der Waals surface area contributed by atoms with Gasteiger partial charge in [0.2, 0.25) is 5.91 Å². The Hall–Kier alpha value is -1.92. The minimum absolute atomic E-state index is 0.0393. The molecule has 0 aliphatic carbocycles. The number of nitrogens with zero attached hydrogens (tertiary/aromatic N) is 1. The van der Waals surface area contributed by atoms with Crippen molar-refractivity contribution >= 4 is 11.9 Å². The highest BCUT2D eigenvalue weighted by Gasteiger charge is 2.36. The maximum Gasteiger partial charge on any atom is 0.321 e. The Kier molecular flexibility index (Phi) is 5.96. The van der Waals surface area contributed by atoms with E-state index < -0.39 is 6.03 Å². The van der Waals surface area contributed by atoms with Gasteiger partial charge in [0.1, 0.15) is 0 Å². The zero-order chi connectivity index (χ0) is 17.7. The van der Waals surface area contributed by atoms with E-state index in [9.17, 15) is 9.59 Å². The maximum atomic E-state index is 12.3. The second-order valence-electron chi connectivity index (χ2n) is 7.19. The number of nitrogens with one attached hydrogen (secondary N) is 2. The highest BCUT2D eigenvalue weighted by Crippen LogP contribution is 2.28. The molecule has 1 fully saturated rings. The van der Waals surface area contributed by atoms with Gasteiger partial charge in [-0.15, -0.1) is 0 Å². The molecular formula is C18H28N4O2. The molecule has 24 heavy (non-hydrogen) atoms. The van der Waals surface area contributed by atoms with Crippen LogP contribution in [0.5, 0.6) is 0 Å². The van der Waals surface area contributed by atoms with E-state index in [2.05, 4.69) is 29.4 Å². The zero-order valence-corrected chi connectivity index (χ0v) is 14.7. The van der Waals surface area contributed by atoms with Gasteiger partial charge >= 0.3 is 6.03 Å². The van der Waals surface area contributed by atoms with Crippen molar-refractivity contribution in [1.82, 2.24) is 15.5 Å². The van der Waals surface area contributed by atoms with Gasteiger partial charge in [-0.1, -0.05) is 44.2 Å². The first-order chi connectivity index (χ1) is 11.3. The van der Waals surface area contributed by atoms with Gasteiger partial charge in [0, 0.05) is 25.7 Å². The number of imide groups is 1. The molecule has 1 aliphatic rings. The van der Waals surface area contributed by atoms with E-state index >= 15 is 0 Å². The third-order valence-corrected chi connectivity index (χ3v) is 4.80. The van der Waals surface area contributed by atoms with Crippen LogP contribution in [-0.2, 0) is 11.3 Å². The number of hydrogen-bond acceptors (Lipinski definition) is 4. The lowest BCUT2D eigenvalue weighted by molar-refractivity contribution is -0.126. The molecule has 2 rings (SSSR count). The average molecular weight is 332 g/mol. The normalized spacial score (nSPS) is 21.8. The molecule has 0 radical (unpaired) electrons. The maximum absolute atomic E-state index is 12.3. The van der Waals surface area contributed by atoms with Gasteiger partial charge in [-0.2, -0.15) is 0 Å². The number of carbonyl (C=O) groups excluding carboxylic acids is 2. The largest absolute Gasteiger partial charge is 0.334 e. The summed E-state index contributed by atoms with van der Waals surface area (Å²) in [4.78, 5) is 26.3. The van der Waals surface area contributed by atoms with Crippen LogP contribution in [0.4, 0.5) is 4.79 Å². The first-order valence-corrected chi connectivity index (χ1v) is 8.42. The zero-order valence-electron chi connectivity index (χ0n) is 14.7. The summed E-state index contributed by atoms with van der Waals surface area (Å²) in [6.45, 7) is 7.95. The van der Waals surface area contributed by atoms with E-state index in [1.165, 1.54) is 0 Å². The van der Waals surface area contributed by atoms with Crippen LogP contribution >= 0.6 is 0 Å². The lowest BCUT2D eigenvalue weighted by atomic mass is 9.79. The van der Waals surface area contributed by atoms with Crippen molar-refractivity contribution in [3.05, 3.63) is 35.9 Å². The van der Waals surface area contributed by atoms with Crippen LogP contribution in [0, 0.1) is 5.41 Å². The predicted octanol–water partition coefficient (Wildman–Crippen LogP) is 1.46. The molecule has 3 amide bonds. The fraction of sp³-hybridized carbons (Fsp3) is 0.556. The van der Waals surface area contributed by atoms with Crippen molar-refractivity contribution in [2.75, 3.05) is 13.1 Å². The van der Waals surface area contributed by atoms with E-state index in [0.717, 1.165) is 25.1 Å². The van der Waals surface area contributed by atoms with Gasteiger partial charge in [-0.25, -0.2) is 4.79 Å². The second kappa shape index (κ2) is 7.77. The number of carbonyl (C=O) groups is 2. The standard InChI is InChI=1S/C18H28N4O2/c1-13(22-10-9-15(19)18(2,3)12-22)16(23)21-17(24)20-11-14-7-5-4-6-8-14/h4-8,13,15H,9-12,19H2,1-3H3,(H2,20,21,23,24). The number of nitrogens with two attached hydrogens (primary N) is 1. The number of amides is 3. The van der Waals surface area contributed by atoms with Gasteiger partial charge in [-0.3, -0.25) is 15.0 Å². The number of likely N-dealkylation sites (tertiary alicyclic amines) is 1. The fourth-order valence-corrected chi connectivity index (χ4v) is 2.95. The Morgan fingerprint density at radius 3 is 2.62 bits per heavy atom. The third kappa shape index (κ3) is 4.79. The van der Waals surface area contributed by atoms with Crippen molar-refractivity contribution < 1.29 is 9.59 Å². The minimum Gasteiger partial charge on any atom is -0.334 e. The Labute approximate surface area is 143 Å². The van der Waals surface area contributed by atoms with Crippen LogP contribution in [0.3, 0.4) is 0 Å². The molecule has 132 valence electrons. The molecular weight excluding hydrogens is 304 g/mol. The van der Waals surface area contributed by atoms with Crippen LogP contribution in [0.2, 0.25) is 0 Å². The summed E-state index contributed by atoms with van der Waals surface area (Å²) < 4.78 is 0. The number of piperidine rings is 1. The van der Waals surface area contributed by atoms with Gasteiger partial charge < -0.3 is 11.1 Å². The van der Waals surface area contributed by atoms with E-state index in [1.54, 1.807) is 0 Å². The van der Waals surface area contributed by atoms with E-state index in [0.29, 0.717) is 6.54 Å². The van der Waals surface area contributed by atoms with E-state index in [1.807, 2.05) is 37.3 Å². The summed E-state index contributed by atoms with van der Waals surface area (Å²) in [6, 6.07) is 8.88. The van der Waals surface area contributed by atoms with Crippen LogP contribution in [0.25, 0.3) is 0 Å². The molecule has 0 saturated carbocycles. The van der Waals surface area contributed by atoms with Crippen LogP contribution in [0.15, 0.2) is 30.3 Å². The summed E-state index contributed by atoms with van der Waals surface area (Å²) in [5.41, 5.74) is 7.08. The highest BCUT2D eigenvalue weighted by atomic mass is 16.2. The first kappa shape index (κ1) is 18.4. The third-order valence-electron chi connectivity index (χ3n) is 4.80. The van der Waals surface area contributed by atoms with Crippen molar-refractivity contribution in [2.45, 2.75) is 45.8 Å². The first-order valence-electron chi connectivity index (χ1n) is 8.42. The van der Waals surface area contributed by atoms with Crippen LogP contribution in [0.1, 0.15) is 32.8 Å².